The highest BCUT2D eigenvalue weighted by atomic mass is 19.4. The Morgan fingerprint density at radius 2 is 1.04 bits per heavy atom. The maximum absolute atomic E-state index is 13.4. The average Bonchev–Trinajstić information content (AvgIpc) is 2.44. The van der Waals surface area contributed by atoms with Crippen molar-refractivity contribution in [1.29, 1.82) is 0 Å². The number of carbonyl (C=O) groups excluding carboxylic acids is 1. The van der Waals surface area contributed by atoms with Crippen molar-refractivity contribution in [3.63, 3.8) is 0 Å². The molecule has 0 aromatic carbocycles. The fourth-order valence-electron chi connectivity index (χ4n) is 1.34. The number of hydrogen-bond donors (Lipinski definition) is 2. The van der Waals surface area contributed by atoms with E-state index in [1.807, 2.05) is 0 Å². The summed E-state index contributed by atoms with van der Waals surface area (Å²) in [5.74, 6) is -42.0. The molecule has 0 unspecified atom stereocenters. The van der Waals surface area contributed by atoms with Crippen LogP contribution in [-0.2, 0) is 4.79 Å². The third-order valence-electron chi connectivity index (χ3n) is 3.07. The molecule has 0 aromatic rings. The molecule has 0 aliphatic rings. The van der Waals surface area contributed by atoms with Crippen molar-refractivity contribution >= 4 is 5.91 Å². The zero-order valence-corrected chi connectivity index (χ0v) is 13.0. The molecule has 0 aliphatic carbocycles. The van der Waals surface area contributed by atoms with Gasteiger partial charge >= 0.3 is 35.8 Å². The van der Waals surface area contributed by atoms with Crippen molar-refractivity contribution in [3.05, 3.63) is 0 Å². The van der Waals surface area contributed by atoms with Crippen LogP contribution >= 0.6 is 0 Å². The van der Waals surface area contributed by atoms with Crippen LogP contribution in [0.5, 0.6) is 0 Å². The van der Waals surface area contributed by atoms with E-state index >= 15 is 0 Å². The van der Waals surface area contributed by atoms with Crippen molar-refractivity contribution in [3.8, 4) is 0 Å². The molecule has 27 heavy (non-hydrogen) atoms. The van der Waals surface area contributed by atoms with E-state index in [1.165, 1.54) is 0 Å². The molecule has 0 bridgehead atoms. The molecule has 162 valence electrons. The molecule has 0 saturated carbocycles. The topological polar surface area (TPSA) is 49.3 Å². The summed E-state index contributed by atoms with van der Waals surface area (Å²) in [6.07, 6.45) is -7.52. The Balaban J connectivity index is 6.27. The Morgan fingerprint density at radius 1 is 0.704 bits per heavy atom. The molecule has 0 atom stereocenters. The highest BCUT2D eigenvalue weighted by molar-refractivity contribution is 5.85. The summed E-state index contributed by atoms with van der Waals surface area (Å²) >= 11 is 0. The highest BCUT2D eigenvalue weighted by Gasteiger charge is 2.91. The van der Waals surface area contributed by atoms with Gasteiger partial charge in [0.25, 0.3) is 5.91 Å². The number of halogens is 13. The van der Waals surface area contributed by atoms with Gasteiger partial charge in [0.05, 0.1) is 12.1 Å². The minimum atomic E-state index is -8.07. The Morgan fingerprint density at radius 3 is 1.33 bits per heavy atom. The monoisotopic (exact) mass is 435 g/mol. The van der Waals surface area contributed by atoms with Crippen molar-refractivity contribution in [2.24, 2.45) is 0 Å². The van der Waals surface area contributed by atoms with Crippen LogP contribution in [0.3, 0.4) is 0 Å². The number of aliphatic hydroxyl groups is 1. The standard InChI is InChI=1S/C11H10F13NO2/c1-5(2,3-26)25-4(27)6(12,13)7(14,15)8(16,17)9(18,19)10(20,21)11(22,23)24/h26H,3H2,1-2H3,(H,25,27). The normalized spacial score (nSPS) is 15.7. The lowest BCUT2D eigenvalue weighted by Gasteiger charge is -2.39. The molecule has 16 heteroatoms. The van der Waals surface area contributed by atoms with Gasteiger partial charge in [-0.05, 0) is 13.8 Å². The van der Waals surface area contributed by atoms with E-state index in [9.17, 15) is 61.9 Å². The zero-order chi connectivity index (χ0) is 22.5. The second kappa shape index (κ2) is 6.55. The van der Waals surface area contributed by atoms with E-state index in [0.29, 0.717) is 13.8 Å². The third kappa shape index (κ3) is 3.76. The SMILES string of the molecule is CC(C)(CO)NC(=O)C(F)(F)C(F)(F)C(F)(F)C(F)(F)C(F)(F)C(F)(F)F. The van der Waals surface area contributed by atoms with Crippen LogP contribution in [0.4, 0.5) is 57.1 Å². The van der Waals surface area contributed by atoms with Crippen LogP contribution in [0.2, 0.25) is 0 Å². The second-order valence-electron chi connectivity index (χ2n) is 5.87. The lowest BCUT2D eigenvalue weighted by Crippen LogP contribution is -2.72. The third-order valence-corrected chi connectivity index (χ3v) is 3.07. The van der Waals surface area contributed by atoms with Gasteiger partial charge in [-0.25, -0.2) is 0 Å². The Labute approximate surface area is 141 Å². The average molecular weight is 435 g/mol. The summed E-state index contributed by atoms with van der Waals surface area (Å²) in [6.45, 7) is 0.0758. The minimum absolute atomic E-state index is 0.670. The molecule has 2 N–H and O–H groups in total. The highest BCUT2D eigenvalue weighted by Crippen LogP contribution is 2.60. The zero-order valence-electron chi connectivity index (χ0n) is 13.0. The molecule has 0 fully saturated rings. The van der Waals surface area contributed by atoms with Crippen molar-refractivity contribution in [2.75, 3.05) is 6.61 Å². The summed E-state index contributed by atoms with van der Waals surface area (Å²) in [5, 5.41) is 9.50. The fourth-order valence-corrected chi connectivity index (χ4v) is 1.34. The Kier molecular flexibility index (Phi) is 6.19. The van der Waals surface area contributed by atoms with Gasteiger partial charge in [-0.1, -0.05) is 0 Å². The number of rotatable bonds is 7. The molecule has 0 rings (SSSR count). The number of aliphatic hydroxyl groups excluding tert-OH is 1. The van der Waals surface area contributed by atoms with Gasteiger partial charge in [0, 0.05) is 0 Å². The van der Waals surface area contributed by atoms with Gasteiger partial charge in [0.1, 0.15) is 0 Å². The maximum atomic E-state index is 13.4. The van der Waals surface area contributed by atoms with Gasteiger partial charge in [-0.3, -0.25) is 4.79 Å². The first kappa shape index (κ1) is 25.5. The number of amides is 1. The molecule has 0 heterocycles. The van der Waals surface area contributed by atoms with Crippen molar-refractivity contribution in [2.45, 2.75) is 55.2 Å². The molecule has 0 saturated heterocycles. The molecular weight excluding hydrogens is 425 g/mol. The van der Waals surface area contributed by atoms with Crippen LogP contribution in [0.15, 0.2) is 0 Å². The smallest absolute Gasteiger partial charge is 0.394 e. The van der Waals surface area contributed by atoms with Crippen LogP contribution in [0.1, 0.15) is 13.8 Å². The van der Waals surface area contributed by atoms with E-state index in [4.69, 9.17) is 5.11 Å². The fraction of sp³-hybridized carbons (Fsp3) is 0.909. The summed E-state index contributed by atoms with van der Waals surface area (Å²) in [4.78, 5) is 11.1. The van der Waals surface area contributed by atoms with E-state index < -0.39 is 53.8 Å². The summed E-state index contributed by atoms with van der Waals surface area (Å²) in [7, 11) is 0. The Hall–Kier alpha value is -1.48. The van der Waals surface area contributed by atoms with Crippen molar-refractivity contribution in [1.82, 2.24) is 5.32 Å². The molecule has 1 amide bonds. The molecule has 0 aliphatic heterocycles. The summed E-state index contributed by atoms with van der Waals surface area (Å²) < 4.78 is 166. The molecule has 3 nitrogen and oxygen atoms in total. The van der Waals surface area contributed by atoms with Gasteiger partial charge in [-0.15, -0.1) is 0 Å². The predicted octanol–water partition coefficient (Wildman–Crippen LogP) is 3.61. The lowest BCUT2D eigenvalue weighted by atomic mass is 9.93. The first-order chi connectivity index (χ1) is 11.4. The number of nitrogens with one attached hydrogen (secondary N) is 1. The molecule has 0 radical (unpaired) electrons. The number of hydrogen-bond acceptors (Lipinski definition) is 2. The number of alkyl halides is 13. The van der Waals surface area contributed by atoms with Gasteiger partial charge in [0.2, 0.25) is 0 Å². The van der Waals surface area contributed by atoms with Gasteiger partial charge in [-0.2, -0.15) is 57.1 Å². The van der Waals surface area contributed by atoms with E-state index in [-0.39, 0.29) is 0 Å². The van der Waals surface area contributed by atoms with E-state index in [0.717, 1.165) is 5.32 Å². The molecule has 0 spiro atoms. The second-order valence-corrected chi connectivity index (χ2v) is 5.87. The van der Waals surface area contributed by atoms with E-state index in [1.54, 1.807) is 0 Å². The summed E-state index contributed by atoms with van der Waals surface area (Å²) in [6, 6.07) is 0. The quantitative estimate of drug-likeness (QED) is 0.601. The van der Waals surface area contributed by atoms with Crippen LogP contribution in [-0.4, -0.2) is 58.9 Å². The maximum Gasteiger partial charge on any atom is 0.460 e. The first-order valence-corrected chi connectivity index (χ1v) is 6.33. The Bertz CT molecular complexity index is 567. The largest absolute Gasteiger partial charge is 0.460 e. The molecular formula is C11H10F13NO2. The summed E-state index contributed by atoms with van der Waals surface area (Å²) in [5.41, 5.74) is -2.20. The minimum Gasteiger partial charge on any atom is -0.394 e. The van der Waals surface area contributed by atoms with Crippen LogP contribution in [0, 0.1) is 0 Å². The number of carbonyl (C=O) groups is 1. The first-order valence-electron chi connectivity index (χ1n) is 6.33. The predicted molar refractivity (Wildman–Crippen MR) is 60.1 cm³/mol. The lowest BCUT2D eigenvalue weighted by molar-refractivity contribution is -0.436. The van der Waals surface area contributed by atoms with Crippen LogP contribution in [0.25, 0.3) is 0 Å². The van der Waals surface area contributed by atoms with Crippen molar-refractivity contribution < 1.29 is 67.0 Å². The van der Waals surface area contributed by atoms with Gasteiger partial charge < -0.3 is 10.4 Å². The van der Waals surface area contributed by atoms with E-state index in [2.05, 4.69) is 0 Å². The molecule has 0 aromatic heterocycles. The van der Waals surface area contributed by atoms with Gasteiger partial charge in [0.15, 0.2) is 0 Å². The van der Waals surface area contributed by atoms with Crippen LogP contribution < -0.4 is 5.32 Å².